The number of phenols is 2. The first-order chi connectivity index (χ1) is 18.0. The van der Waals surface area contributed by atoms with Gasteiger partial charge in [-0.05, 0) is 79.3 Å². The van der Waals surface area contributed by atoms with Crippen molar-refractivity contribution >= 4 is 5.69 Å². The van der Waals surface area contributed by atoms with Gasteiger partial charge < -0.3 is 25.6 Å². The van der Waals surface area contributed by atoms with Crippen molar-refractivity contribution in [1.29, 1.82) is 0 Å². The largest absolute Gasteiger partial charge is 0.508 e. The van der Waals surface area contributed by atoms with Crippen molar-refractivity contribution in [3.8, 4) is 28.4 Å². The van der Waals surface area contributed by atoms with Crippen LogP contribution in [0.25, 0.3) is 11.1 Å². The zero-order chi connectivity index (χ0) is 25.8. The Labute approximate surface area is 220 Å². The molecule has 0 amide bonds. The van der Waals surface area contributed by atoms with E-state index in [1.807, 2.05) is 36.4 Å². The summed E-state index contributed by atoms with van der Waals surface area (Å²) >= 11 is 0. The molecule has 1 fully saturated rings. The molecule has 0 atom stereocenters. The van der Waals surface area contributed by atoms with Gasteiger partial charge in [0, 0.05) is 61.5 Å². The standard InChI is InChI=1S/C31H39N3O3/c1-2-33-15-17-34(18-16-33)19-20-37-24-10-7-22(8-11-24)21-27-28(35)14-12-26(31(27)32)30-25-6-4-3-5-23(25)9-13-29(30)36/h7-14,35-36H,2-6,15-21,32H2,1H3. The lowest BCUT2D eigenvalue weighted by molar-refractivity contribution is 0.121. The van der Waals surface area contributed by atoms with Crippen LogP contribution >= 0.6 is 0 Å². The van der Waals surface area contributed by atoms with Crippen LogP contribution in [0.4, 0.5) is 5.69 Å². The van der Waals surface area contributed by atoms with Crippen LogP contribution in [0.1, 0.15) is 42.0 Å². The van der Waals surface area contributed by atoms with E-state index in [9.17, 15) is 10.2 Å². The zero-order valence-electron chi connectivity index (χ0n) is 21.9. The van der Waals surface area contributed by atoms with Crippen molar-refractivity contribution in [2.45, 2.75) is 39.0 Å². The molecule has 6 nitrogen and oxygen atoms in total. The van der Waals surface area contributed by atoms with Gasteiger partial charge in [0.2, 0.25) is 0 Å². The third-order valence-electron chi connectivity index (χ3n) is 8.01. The number of hydrogen-bond acceptors (Lipinski definition) is 6. The maximum Gasteiger partial charge on any atom is 0.123 e. The second-order valence-electron chi connectivity index (χ2n) is 10.3. The van der Waals surface area contributed by atoms with Gasteiger partial charge in [0.1, 0.15) is 23.9 Å². The van der Waals surface area contributed by atoms with Crippen LogP contribution in [0.5, 0.6) is 17.2 Å². The van der Waals surface area contributed by atoms with Crippen molar-refractivity contribution in [1.82, 2.24) is 9.80 Å². The number of hydrogen-bond donors (Lipinski definition) is 3. The second-order valence-corrected chi connectivity index (χ2v) is 10.3. The minimum atomic E-state index is 0.175. The Morgan fingerprint density at radius 3 is 2.30 bits per heavy atom. The molecular formula is C31H39N3O3. The fraction of sp³-hybridized carbons (Fsp3) is 0.419. The normalized spacial score (nSPS) is 16.5. The van der Waals surface area contributed by atoms with Crippen LogP contribution in [-0.2, 0) is 19.3 Å². The van der Waals surface area contributed by atoms with Crippen LogP contribution in [-0.4, -0.2) is 65.9 Å². The van der Waals surface area contributed by atoms with E-state index in [1.54, 1.807) is 12.1 Å². The summed E-state index contributed by atoms with van der Waals surface area (Å²) in [6.07, 6.45) is 4.74. The number of ether oxygens (including phenoxy) is 1. The highest BCUT2D eigenvalue weighted by Crippen LogP contribution is 2.43. The fourth-order valence-corrected chi connectivity index (χ4v) is 5.70. The van der Waals surface area contributed by atoms with Crippen LogP contribution in [0.15, 0.2) is 48.5 Å². The molecule has 37 heavy (non-hydrogen) atoms. The van der Waals surface area contributed by atoms with Gasteiger partial charge in [-0.15, -0.1) is 0 Å². The third-order valence-corrected chi connectivity index (χ3v) is 8.01. The number of nitrogen functional groups attached to an aromatic ring is 1. The highest BCUT2D eigenvalue weighted by molar-refractivity contribution is 5.86. The number of aryl methyl sites for hydroxylation is 1. The van der Waals surface area contributed by atoms with Gasteiger partial charge in [0.25, 0.3) is 0 Å². The minimum Gasteiger partial charge on any atom is -0.508 e. The molecule has 1 saturated heterocycles. The highest BCUT2D eigenvalue weighted by Gasteiger charge is 2.21. The van der Waals surface area contributed by atoms with Crippen LogP contribution in [0.2, 0.25) is 0 Å². The number of aromatic hydroxyl groups is 2. The summed E-state index contributed by atoms with van der Waals surface area (Å²) in [5, 5.41) is 21.4. The summed E-state index contributed by atoms with van der Waals surface area (Å²) in [5.41, 5.74) is 13.0. The second kappa shape index (κ2) is 11.4. The smallest absolute Gasteiger partial charge is 0.123 e. The Bertz CT molecular complexity index is 1220. The average molecular weight is 502 g/mol. The maximum atomic E-state index is 10.8. The van der Waals surface area contributed by atoms with Gasteiger partial charge in [-0.2, -0.15) is 0 Å². The summed E-state index contributed by atoms with van der Waals surface area (Å²) in [5.74, 6) is 1.27. The predicted octanol–water partition coefficient (Wildman–Crippen LogP) is 4.83. The SMILES string of the molecule is CCN1CCN(CCOc2ccc(Cc3c(O)ccc(-c4c(O)ccc5c4CCCC5)c3N)cc2)CC1. The number of phenolic OH excluding ortho intramolecular Hbond substituents is 2. The Kier molecular flexibility index (Phi) is 7.87. The van der Waals surface area contributed by atoms with E-state index in [0.717, 1.165) is 81.0 Å². The molecular weight excluding hydrogens is 462 g/mol. The quantitative estimate of drug-likeness (QED) is 0.384. The van der Waals surface area contributed by atoms with E-state index in [1.165, 1.54) is 17.5 Å². The summed E-state index contributed by atoms with van der Waals surface area (Å²) in [4.78, 5) is 4.94. The molecule has 3 aromatic carbocycles. The molecule has 4 N–H and O–H groups in total. The summed E-state index contributed by atoms with van der Waals surface area (Å²) in [6.45, 7) is 9.42. The average Bonchev–Trinajstić information content (AvgIpc) is 2.93. The topological polar surface area (TPSA) is 82.2 Å². The van der Waals surface area contributed by atoms with Gasteiger partial charge in [-0.25, -0.2) is 0 Å². The van der Waals surface area contributed by atoms with E-state index in [2.05, 4.69) is 16.7 Å². The van der Waals surface area contributed by atoms with Crippen molar-refractivity contribution in [3.05, 3.63) is 70.8 Å². The summed E-state index contributed by atoms with van der Waals surface area (Å²) in [7, 11) is 0. The van der Waals surface area contributed by atoms with E-state index >= 15 is 0 Å². The molecule has 0 unspecified atom stereocenters. The van der Waals surface area contributed by atoms with Crippen molar-refractivity contribution in [2.24, 2.45) is 0 Å². The molecule has 196 valence electrons. The summed E-state index contributed by atoms with van der Waals surface area (Å²) in [6, 6.07) is 15.4. The highest BCUT2D eigenvalue weighted by atomic mass is 16.5. The van der Waals surface area contributed by atoms with E-state index in [4.69, 9.17) is 10.5 Å². The van der Waals surface area contributed by atoms with E-state index in [-0.39, 0.29) is 11.5 Å². The Morgan fingerprint density at radius 1 is 0.838 bits per heavy atom. The number of benzene rings is 3. The number of nitrogens with zero attached hydrogens (tertiary/aromatic N) is 2. The van der Waals surface area contributed by atoms with Crippen LogP contribution in [0, 0.1) is 0 Å². The molecule has 0 radical (unpaired) electrons. The van der Waals surface area contributed by atoms with E-state index in [0.29, 0.717) is 24.3 Å². The molecule has 5 rings (SSSR count). The molecule has 3 aromatic rings. The molecule has 6 heteroatoms. The number of anilines is 1. The monoisotopic (exact) mass is 501 g/mol. The third kappa shape index (κ3) is 5.71. The molecule has 2 aliphatic rings. The van der Waals surface area contributed by atoms with Crippen molar-refractivity contribution < 1.29 is 14.9 Å². The van der Waals surface area contributed by atoms with E-state index < -0.39 is 0 Å². The predicted molar refractivity (Wildman–Crippen MR) is 150 cm³/mol. The molecule has 1 aliphatic heterocycles. The minimum absolute atomic E-state index is 0.175. The van der Waals surface area contributed by atoms with Crippen molar-refractivity contribution in [2.75, 3.05) is 51.6 Å². The molecule has 0 bridgehead atoms. The first-order valence-corrected chi connectivity index (χ1v) is 13.6. The van der Waals surface area contributed by atoms with Gasteiger partial charge in [-0.3, -0.25) is 4.90 Å². The number of piperazine rings is 1. The number of fused-ring (bicyclic) bond motifs is 1. The van der Waals surface area contributed by atoms with Gasteiger partial charge in [0.05, 0.1) is 0 Å². The van der Waals surface area contributed by atoms with Crippen molar-refractivity contribution in [3.63, 3.8) is 0 Å². The molecule has 1 aliphatic carbocycles. The molecule has 1 heterocycles. The van der Waals surface area contributed by atoms with Crippen LogP contribution in [0.3, 0.4) is 0 Å². The molecule has 0 aromatic heterocycles. The number of nitrogens with two attached hydrogens (primary N) is 1. The lowest BCUT2D eigenvalue weighted by Crippen LogP contribution is -2.47. The lowest BCUT2D eigenvalue weighted by atomic mass is 9.84. The van der Waals surface area contributed by atoms with Crippen LogP contribution < -0.4 is 10.5 Å². The summed E-state index contributed by atoms with van der Waals surface area (Å²) < 4.78 is 6.00. The Morgan fingerprint density at radius 2 is 1.54 bits per heavy atom. The lowest BCUT2D eigenvalue weighted by Gasteiger charge is -2.33. The number of rotatable bonds is 8. The maximum absolute atomic E-state index is 10.8. The Hall–Kier alpha value is -3.22. The first kappa shape index (κ1) is 25.4. The van der Waals surface area contributed by atoms with Gasteiger partial charge in [0.15, 0.2) is 0 Å². The first-order valence-electron chi connectivity index (χ1n) is 13.6. The Balaban J connectivity index is 1.26. The fourth-order valence-electron chi connectivity index (χ4n) is 5.70. The molecule has 0 spiro atoms. The van der Waals surface area contributed by atoms with Gasteiger partial charge in [-0.1, -0.05) is 25.1 Å². The molecule has 0 saturated carbocycles. The van der Waals surface area contributed by atoms with Gasteiger partial charge >= 0.3 is 0 Å². The number of likely N-dealkylation sites (N-methyl/N-ethyl adjacent to an activating group) is 1. The zero-order valence-corrected chi connectivity index (χ0v) is 21.9.